The molecule has 0 aliphatic carbocycles. The fourth-order valence-corrected chi connectivity index (χ4v) is 6.05. The Morgan fingerprint density at radius 3 is 1.74 bits per heavy atom. The van der Waals surface area contributed by atoms with Crippen molar-refractivity contribution in [1.29, 1.82) is 0 Å². The molecule has 0 saturated carbocycles. The van der Waals surface area contributed by atoms with E-state index in [2.05, 4.69) is 64.0 Å². The predicted octanol–water partition coefficient (Wildman–Crippen LogP) is 10.1. The smallest absolute Gasteiger partial charge is 0.227 e. The molecule has 9 rings (SSSR count). The van der Waals surface area contributed by atoms with Crippen LogP contribution in [0.3, 0.4) is 0 Å². The lowest BCUT2D eigenvalue weighted by atomic mass is 10.1. The maximum Gasteiger partial charge on any atom is 0.227 e. The van der Waals surface area contributed by atoms with Crippen LogP contribution in [0.2, 0.25) is 0 Å². The van der Waals surface area contributed by atoms with Crippen molar-refractivity contribution in [1.82, 2.24) is 14.5 Å². The van der Waals surface area contributed by atoms with Crippen LogP contribution in [0.4, 0.5) is 5.69 Å². The van der Waals surface area contributed by atoms with Gasteiger partial charge in [0, 0.05) is 27.6 Å². The first-order chi connectivity index (χ1) is 21.2. The topological polar surface area (TPSA) is 61.4 Å². The molecule has 0 radical (unpaired) electrons. The number of hydrogen-bond donors (Lipinski definition) is 0. The van der Waals surface area contributed by atoms with Crippen LogP contribution in [0, 0.1) is 6.57 Å². The lowest BCUT2D eigenvalue weighted by Gasteiger charge is -2.10. The summed E-state index contributed by atoms with van der Waals surface area (Å²) in [6, 6.07) is 40.4. The van der Waals surface area contributed by atoms with Crippen molar-refractivity contribution in [2.75, 3.05) is 0 Å². The molecule has 0 fully saturated rings. The average Bonchev–Trinajstić information content (AvgIpc) is 3.77. The number of benzene rings is 6. The van der Waals surface area contributed by atoms with E-state index >= 15 is 0 Å². The number of fused-ring (bicyclic) bond motifs is 6. The summed E-state index contributed by atoms with van der Waals surface area (Å²) in [6.07, 6.45) is 0. The van der Waals surface area contributed by atoms with Gasteiger partial charge in [0.2, 0.25) is 11.8 Å². The SMILES string of the molecule is [C-]#[N+]c1cccc2cc(-n3c4ccc(-c5nc6ccccc6o5)cc4c4cc(-c5nc6ccccc6o5)ccc43)ccc12. The summed E-state index contributed by atoms with van der Waals surface area (Å²) in [5.74, 6) is 1.16. The highest BCUT2D eigenvalue weighted by Gasteiger charge is 2.18. The summed E-state index contributed by atoms with van der Waals surface area (Å²) in [6.45, 7) is 7.58. The molecule has 0 unspecified atom stereocenters. The molecule has 0 atom stereocenters. The van der Waals surface area contributed by atoms with Crippen LogP contribution in [0.25, 0.3) is 88.2 Å². The number of aromatic nitrogens is 3. The van der Waals surface area contributed by atoms with E-state index in [0.717, 1.165) is 71.6 Å². The van der Waals surface area contributed by atoms with Crippen LogP contribution in [0.5, 0.6) is 0 Å². The quantitative estimate of drug-likeness (QED) is 0.205. The lowest BCUT2D eigenvalue weighted by molar-refractivity contribution is 0.619. The molecular formula is C37H20N4O2. The molecule has 9 aromatic rings. The molecule has 43 heavy (non-hydrogen) atoms. The second-order valence-corrected chi connectivity index (χ2v) is 10.6. The van der Waals surface area contributed by atoms with E-state index in [1.54, 1.807) is 0 Å². The minimum absolute atomic E-state index is 0.580. The highest BCUT2D eigenvalue weighted by atomic mass is 16.4. The van der Waals surface area contributed by atoms with Gasteiger partial charge in [0.15, 0.2) is 16.9 Å². The van der Waals surface area contributed by atoms with Gasteiger partial charge in [-0.2, -0.15) is 0 Å². The summed E-state index contributed by atoms with van der Waals surface area (Å²) in [5.41, 5.74) is 8.72. The van der Waals surface area contributed by atoms with Gasteiger partial charge >= 0.3 is 0 Å². The molecule has 200 valence electrons. The normalized spacial score (nSPS) is 11.7. The van der Waals surface area contributed by atoms with Gasteiger partial charge in [-0.15, -0.1) is 0 Å². The second kappa shape index (κ2) is 8.90. The molecular weight excluding hydrogens is 532 g/mol. The molecule has 6 aromatic carbocycles. The maximum atomic E-state index is 7.58. The van der Waals surface area contributed by atoms with Crippen molar-refractivity contribution >= 4 is 60.5 Å². The molecule has 0 aliphatic heterocycles. The van der Waals surface area contributed by atoms with E-state index in [1.165, 1.54) is 0 Å². The Balaban J connectivity index is 1.31. The number of rotatable bonds is 3. The zero-order valence-electron chi connectivity index (χ0n) is 22.7. The maximum absolute atomic E-state index is 7.58. The van der Waals surface area contributed by atoms with E-state index in [0.29, 0.717) is 17.5 Å². The number of oxazole rings is 2. The number of para-hydroxylation sites is 4. The van der Waals surface area contributed by atoms with Gasteiger partial charge in [-0.3, -0.25) is 0 Å². The minimum Gasteiger partial charge on any atom is -0.436 e. The van der Waals surface area contributed by atoms with Gasteiger partial charge in [0.25, 0.3) is 0 Å². The molecule has 6 nitrogen and oxygen atoms in total. The molecule has 0 saturated heterocycles. The van der Waals surface area contributed by atoms with Gasteiger partial charge in [0.1, 0.15) is 11.0 Å². The van der Waals surface area contributed by atoms with Crippen molar-refractivity contribution in [3.8, 4) is 28.6 Å². The molecule has 3 heterocycles. The molecule has 3 aromatic heterocycles. The van der Waals surface area contributed by atoms with E-state index < -0.39 is 0 Å². The van der Waals surface area contributed by atoms with Crippen molar-refractivity contribution in [2.45, 2.75) is 0 Å². The van der Waals surface area contributed by atoms with E-state index in [4.69, 9.17) is 25.4 Å². The summed E-state index contributed by atoms with van der Waals surface area (Å²) in [7, 11) is 0. The van der Waals surface area contributed by atoms with Crippen molar-refractivity contribution in [3.63, 3.8) is 0 Å². The zero-order valence-corrected chi connectivity index (χ0v) is 22.7. The zero-order chi connectivity index (χ0) is 28.5. The van der Waals surface area contributed by atoms with Gasteiger partial charge in [-0.05, 0) is 83.6 Å². The van der Waals surface area contributed by atoms with E-state index in [-0.39, 0.29) is 0 Å². The summed E-state index contributed by atoms with van der Waals surface area (Å²) >= 11 is 0. The first-order valence-electron chi connectivity index (χ1n) is 13.9. The summed E-state index contributed by atoms with van der Waals surface area (Å²) in [5, 5.41) is 4.08. The molecule has 0 aliphatic rings. The van der Waals surface area contributed by atoms with Crippen molar-refractivity contribution in [2.24, 2.45) is 0 Å². The minimum atomic E-state index is 0.580. The Hall–Kier alpha value is -6.19. The highest BCUT2D eigenvalue weighted by molar-refractivity contribution is 6.12. The molecule has 0 amide bonds. The Labute approximate surface area is 244 Å². The summed E-state index contributed by atoms with van der Waals surface area (Å²) < 4.78 is 14.5. The average molecular weight is 553 g/mol. The van der Waals surface area contributed by atoms with Gasteiger partial charge in [-0.25, -0.2) is 14.8 Å². The van der Waals surface area contributed by atoms with Crippen molar-refractivity contribution < 1.29 is 8.83 Å². The second-order valence-electron chi connectivity index (χ2n) is 10.6. The third-order valence-electron chi connectivity index (χ3n) is 8.07. The fourth-order valence-electron chi connectivity index (χ4n) is 6.05. The first-order valence-corrected chi connectivity index (χ1v) is 13.9. The van der Waals surface area contributed by atoms with Crippen LogP contribution in [0.15, 0.2) is 130 Å². The largest absolute Gasteiger partial charge is 0.436 e. The van der Waals surface area contributed by atoms with Gasteiger partial charge < -0.3 is 13.4 Å². The molecule has 0 N–H and O–H groups in total. The number of nitrogens with zero attached hydrogens (tertiary/aromatic N) is 4. The third kappa shape index (κ3) is 3.59. The van der Waals surface area contributed by atoms with Crippen LogP contribution >= 0.6 is 0 Å². The number of hydrogen-bond acceptors (Lipinski definition) is 4. The standard InChI is InChI=1S/C37H20N4O2/c1-38-29-10-6-7-22-19-25(15-16-26(22)29)41-32-17-13-23(36-39-30-8-2-4-11-34(30)42-36)20-27(32)28-21-24(14-18-33(28)41)37-40-31-9-3-5-12-35(31)43-37/h2-21H. The van der Waals surface area contributed by atoms with Crippen LogP contribution in [-0.4, -0.2) is 14.5 Å². The molecule has 0 bridgehead atoms. The Bertz CT molecular complexity index is 2400. The monoisotopic (exact) mass is 552 g/mol. The van der Waals surface area contributed by atoms with Gasteiger partial charge in [0.05, 0.1) is 17.6 Å². The third-order valence-corrected chi connectivity index (χ3v) is 8.07. The van der Waals surface area contributed by atoms with Crippen LogP contribution in [-0.2, 0) is 0 Å². The fraction of sp³-hybridized carbons (Fsp3) is 0. The Morgan fingerprint density at radius 1 is 0.558 bits per heavy atom. The van der Waals surface area contributed by atoms with Crippen molar-refractivity contribution in [3.05, 3.63) is 133 Å². The van der Waals surface area contributed by atoms with E-state index in [1.807, 2.05) is 66.7 Å². The van der Waals surface area contributed by atoms with E-state index in [9.17, 15) is 0 Å². The van der Waals surface area contributed by atoms with Crippen LogP contribution in [0.1, 0.15) is 0 Å². The van der Waals surface area contributed by atoms with Gasteiger partial charge in [-0.1, -0.05) is 48.5 Å². The Kier molecular flexibility index (Phi) is 4.87. The highest BCUT2D eigenvalue weighted by Crippen LogP contribution is 2.39. The molecule has 0 spiro atoms. The predicted molar refractivity (Wildman–Crippen MR) is 171 cm³/mol. The van der Waals surface area contributed by atoms with Crippen LogP contribution < -0.4 is 0 Å². The lowest BCUT2D eigenvalue weighted by Crippen LogP contribution is -1.94. The Morgan fingerprint density at radius 2 is 1.16 bits per heavy atom. The molecule has 6 heteroatoms. The first kappa shape index (κ1) is 23.5. The summed E-state index contributed by atoms with van der Waals surface area (Å²) in [4.78, 5) is 13.2.